The smallest absolute Gasteiger partial charge is 0.307 e. The number of aryl methyl sites for hydroxylation is 1. The highest BCUT2D eigenvalue weighted by Crippen LogP contribution is 2.34. The number of halogens is 4. The fraction of sp³-hybridized carbons (Fsp3) is 0.188. The summed E-state index contributed by atoms with van der Waals surface area (Å²) in [5.74, 6) is -0.627. The number of nitrogens with zero attached hydrogens (tertiary/aromatic N) is 4. The first kappa shape index (κ1) is 18.0. The predicted molar refractivity (Wildman–Crippen MR) is 89.4 cm³/mol. The lowest BCUT2D eigenvalue weighted by atomic mass is 10.2. The SMILES string of the molecule is CCn1nccc1NC(=O)c1cnn(-c2ccc(Cl)cc2)c1C(F)(F)F. The molecule has 0 aliphatic carbocycles. The molecule has 0 fully saturated rings. The number of rotatable bonds is 4. The topological polar surface area (TPSA) is 64.7 Å². The van der Waals surface area contributed by atoms with Crippen LogP contribution in [0.25, 0.3) is 5.69 Å². The summed E-state index contributed by atoms with van der Waals surface area (Å²) in [6, 6.07) is 7.16. The van der Waals surface area contributed by atoms with E-state index in [1.165, 1.54) is 41.2 Å². The van der Waals surface area contributed by atoms with Gasteiger partial charge in [0.15, 0.2) is 5.69 Å². The molecule has 0 radical (unpaired) electrons. The molecule has 0 aliphatic rings. The van der Waals surface area contributed by atoms with E-state index in [1.807, 2.05) is 0 Å². The van der Waals surface area contributed by atoms with Crippen molar-refractivity contribution in [2.75, 3.05) is 5.32 Å². The van der Waals surface area contributed by atoms with Crippen LogP contribution in [0.1, 0.15) is 23.0 Å². The monoisotopic (exact) mass is 383 g/mol. The summed E-state index contributed by atoms with van der Waals surface area (Å²) in [5, 5.41) is 10.5. The summed E-state index contributed by atoms with van der Waals surface area (Å²) in [6.07, 6.45) is -2.45. The van der Waals surface area contributed by atoms with Gasteiger partial charge in [-0.1, -0.05) is 11.6 Å². The van der Waals surface area contributed by atoms with E-state index >= 15 is 0 Å². The number of benzene rings is 1. The van der Waals surface area contributed by atoms with E-state index in [-0.39, 0.29) is 5.69 Å². The lowest BCUT2D eigenvalue weighted by molar-refractivity contribution is -0.143. The number of amides is 1. The highest BCUT2D eigenvalue weighted by molar-refractivity contribution is 6.30. The van der Waals surface area contributed by atoms with Crippen molar-refractivity contribution in [3.05, 3.63) is 59.0 Å². The maximum absolute atomic E-state index is 13.6. The molecule has 2 aromatic heterocycles. The Hall–Kier alpha value is -2.81. The van der Waals surface area contributed by atoms with E-state index < -0.39 is 23.3 Å². The van der Waals surface area contributed by atoms with Crippen LogP contribution in [0.2, 0.25) is 5.02 Å². The van der Waals surface area contributed by atoms with Crippen LogP contribution in [0.5, 0.6) is 0 Å². The van der Waals surface area contributed by atoms with E-state index in [4.69, 9.17) is 11.6 Å². The summed E-state index contributed by atoms with van der Waals surface area (Å²) >= 11 is 5.77. The van der Waals surface area contributed by atoms with Crippen LogP contribution in [0.15, 0.2) is 42.7 Å². The van der Waals surface area contributed by atoms with Gasteiger partial charge in [0.2, 0.25) is 0 Å². The Labute approximate surface area is 151 Å². The van der Waals surface area contributed by atoms with Crippen LogP contribution in [-0.2, 0) is 12.7 Å². The Morgan fingerprint density at radius 1 is 1.19 bits per heavy atom. The molecule has 0 bridgehead atoms. The molecule has 0 aliphatic heterocycles. The molecule has 1 N–H and O–H groups in total. The van der Waals surface area contributed by atoms with Crippen molar-refractivity contribution in [3.63, 3.8) is 0 Å². The van der Waals surface area contributed by atoms with Crippen molar-refractivity contribution in [3.8, 4) is 5.69 Å². The van der Waals surface area contributed by atoms with Crippen LogP contribution in [0.4, 0.5) is 19.0 Å². The van der Waals surface area contributed by atoms with E-state index in [0.29, 0.717) is 22.1 Å². The standard InChI is InChI=1S/C16H13ClF3N5O/c1-2-24-13(7-8-21-24)23-15(26)12-9-22-25(14(12)16(18,19)20)11-5-3-10(17)4-6-11/h3-9H,2H2,1H3,(H,23,26). The highest BCUT2D eigenvalue weighted by atomic mass is 35.5. The van der Waals surface area contributed by atoms with Gasteiger partial charge in [-0.05, 0) is 31.2 Å². The third-order valence-electron chi connectivity index (χ3n) is 3.61. The second-order valence-electron chi connectivity index (χ2n) is 5.28. The lowest BCUT2D eigenvalue weighted by Gasteiger charge is -2.13. The molecule has 0 atom stereocenters. The molecular formula is C16H13ClF3N5O. The summed E-state index contributed by atoms with van der Waals surface area (Å²) in [6.45, 7) is 2.25. The van der Waals surface area contributed by atoms with Gasteiger partial charge in [0.05, 0.1) is 23.6 Å². The maximum Gasteiger partial charge on any atom is 0.434 e. The molecule has 3 rings (SSSR count). The normalized spacial score (nSPS) is 11.6. The molecule has 3 aromatic rings. The Kier molecular flexibility index (Phi) is 4.73. The fourth-order valence-corrected chi connectivity index (χ4v) is 2.57. The number of anilines is 1. The molecule has 136 valence electrons. The number of aromatic nitrogens is 4. The first-order valence-electron chi connectivity index (χ1n) is 7.55. The molecule has 2 heterocycles. The van der Waals surface area contributed by atoms with Crippen LogP contribution in [-0.4, -0.2) is 25.5 Å². The van der Waals surface area contributed by atoms with Gasteiger partial charge in [-0.15, -0.1) is 0 Å². The van der Waals surface area contributed by atoms with Gasteiger partial charge in [0.25, 0.3) is 5.91 Å². The van der Waals surface area contributed by atoms with Gasteiger partial charge in [0.1, 0.15) is 5.82 Å². The molecule has 0 spiro atoms. The molecule has 10 heteroatoms. The lowest BCUT2D eigenvalue weighted by Crippen LogP contribution is -2.21. The average Bonchev–Trinajstić information content (AvgIpc) is 3.21. The van der Waals surface area contributed by atoms with Gasteiger partial charge in [0, 0.05) is 17.6 Å². The Morgan fingerprint density at radius 2 is 1.88 bits per heavy atom. The second-order valence-corrected chi connectivity index (χ2v) is 5.72. The number of nitrogens with one attached hydrogen (secondary N) is 1. The van der Waals surface area contributed by atoms with Crippen LogP contribution >= 0.6 is 11.6 Å². The first-order chi connectivity index (χ1) is 12.3. The molecule has 1 amide bonds. The van der Waals surface area contributed by atoms with Crippen molar-refractivity contribution < 1.29 is 18.0 Å². The van der Waals surface area contributed by atoms with E-state index in [1.54, 1.807) is 6.92 Å². The summed E-state index contributed by atoms with van der Waals surface area (Å²) in [5.41, 5.74) is -1.62. The van der Waals surface area contributed by atoms with Crippen molar-refractivity contribution in [1.29, 1.82) is 0 Å². The highest BCUT2D eigenvalue weighted by Gasteiger charge is 2.40. The molecule has 0 unspecified atom stereocenters. The first-order valence-corrected chi connectivity index (χ1v) is 7.93. The van der Waals surface area contributed by atoms with Crippen molar-refractivity contribution in [1.82, 2.24) is 19.6 Å². The predicted octanol–water partition coefficient (Wildman–Crippen LogP) is 4.01. The number of hydrogen-bond acceptors (Lipinski definition) is 3. The molecule has 26 heavy (non-hydrogen) atoms. The Bertz CT molecular complexity index is 930. The largest absolute Gasteiger partial charge is 0.434 e. The average molecular weight is 384 g/mol. The Balaban J connectivity index is 2.02. The minimum atomic E-state index is -4.78. The van der Waals surface area contributed by atoms with E-state index in [0.717, 1.165) is 6.20 Å². The molecule has 1 aromatic carbocycles. The molecular weight excluding hydrogens is 371 g/mol. The maximum atomic E-state index is 13.6. The van der Waals surface area contributed by atoms with Crippen molar-refractivity contribution in [2.45, 2.75) is 19.6 Å². The number of hydrogen-bond donors (Lipinski definition) is 1. The quantitative estimate of drug-likeness (QED) is 0.740. The van der Waals surface area contributed by atoms with Crippen molar-refractivity contribution >= 4 is 23.3 Å². The zero-order chi connectivity index (χ0) is 18.9. The van der Waals surface area contributed by atoms with Gasteiger partial charge in [-0.2, -0.15) is 23.4 Å². The fourth-order valence-electron chi connectivity index (χ4n) is 2.44. The van der Waals surface area contributed by atoms with Crippen LogP contribution < -0.4 is 5.32 Å². The third kappa shape index (κ3) is 3.43. The van der Waals surface area contributed by atoms with Gasteiger partial charge >= 0.3 is 6.18 Å². The van der Waals surface area contributed by atoms with Crippen molar-refractivity contribution in [2.24, 2.45) is 0 Å². The summed E-state index contributed by atoms with van der Waals surface area (Å²) < 4.78 is 42.9. The minimum absolute atomic E-state index is 0.138. The van der Waals surface area contributed by atoms with Gasteiger partial charge in [-0.3, -0.25) is 4.79 Å². The summed E-state index contributed by atoms with van der Waals surface area (Å²) in [7, 11) is 0. The van der Waals surface area contributed by atoms with Crippen LogP contribution in [0.3, 0.4) is 0 Å². The molecule has 0 saturated heterocycles. The van der Waals surface area contributed by atoms with Gasteiger partial charge in [-0.25, -0.2) is 9.36 Å². The Morgan fingerprint density at radius 3 is 2.50 bits per heavy atom. The summed E-state index contributed by atoms with van der Waals surface area (Å²) in [4.78, 5) is 12.4. The minimum Gasteiger partial charge on any atom is -0.307 e. The van der Waals surface area contributed by atoms with Crippen LogP contribution in [0, 0.1) is 0 Å². The third-order valence-corrected chi connectivity index (χ3v) is 3.86. The van der Waals surface area contributed by atoms with E-state index in [9.17, 15) is 18.0 Å². The van der Waals surface area contributed by atoms with Gasteiger partial charge < -0.3 is 5.32 Å². The second kappa shape index (κ2) is 6.83. The molecule has 6 nitrogen and oxygen atoms in total. The number of carbonyl (C=O) groups excluding carboxylic acids is 1. The zero-order valence-electron chi connectivity index (χ0n) is 13.5. The number of alkyl halides is 3. The van der Waals surface area contributed by atoms with E-state index in [2.05, 4.69) is 15.5 Å². The number of carbonyl (C=O) groups is 1. The molecule has 0 saturated carbocycles. The zero-order valence-corrected chi connectivity index (χ0v) is 14.2.